The number of hydrogen-bond acceptors (Lipinski definition) is 4. The summed E-state index contributed by atoms with van der Waals surface area (Å²) in [6.07, 6.45) is 8.25. The van der Waals surface area contributed by atoms with Crippen LogP contribution in [0.15, 0.2) is 30.7 Å². The number of ether oxygens (including phenoxy) is 1. The summed E-state index contributed by atoms with van der Waals surface area (Å²) < 4.78 is 5.72. The van der Waals surface area contributed by atoms with Crippen LogP contribution in [0.4, 0.5) is 0 Å². The first-order valence-electron chi connectivity index (χ1n) is 8.58. The minimum atomic E-state index is 0.0302. The third kappa shape index (κ3) is 3.75. The number of pyridine rings is 1. The summed E-state index contributed by atoms with van der Waals surface area (Å²) >= 11 is 0. The fourth-order valence-electron chi connectivity index (χ4n) is 2.96. The van der Waals surface area contributed by atoms with Gasteiger partial charge in [0.2, 0.25) is 5.88 Å². The van der Waals surface area contributed by atoms with E-state index in [-0.39, 0.29) is 17.9 Å². The van der Waals surface area contributed by atoms with Crippen LogP contribution in [-0.4, -0.2) is 45.0 Å². The lowest BCUT2D eigenvalue weighted by Gasteiger charge is -2.32. The van der Waals surface area contributed by atoms with Crippen molar-refractivity contribution in [2.24, 2.45) is 0 Å². The van der Waals surface area contributed by atoms with Gasteiger partial charge in [0.25, 0.3) is 5.91 Å². The standard InChI is InChI=1S/C18H24N4O2/c1-3-13(2)24-16-11-14(6-7-19-16)18(23)22-10-4-5-15(12-22)17-20-8-9-21-17/h6-9,11,13,15H,3-5,10,12H2,1-2H3,(H,20,21)/t13-,15+/m1/s1. The van der Waals surface area contributed by atoms with Crippen molar-refractivity contribution < 1.29 is 9.53 Å². The van der Waals surface area contributed by atoms with Crippen molar-refractivity contribution in [1.29, 1.82) is 0 Å². The molecule has 1 amide bonds. The Hall–Kier alpha value is -2.37. The van der Waals surface area contributed by atoms with Gasteiger partial charge in [-0.25, -0.2) is 9.97 Å². The molecular weight excluding hydrogens is 304 g/mol. The number of imidazole rings is 1. The van der Waals surface area contributed by atoms with Gasteiger partial charge in [-0.05, 0) is 32.3 Å². The van der Waals surface area contributed by atoms with E-state index in [2.05, 4.69) is 21.9 Å². The Labute approximate surface area is 142 Å². The van der Waals surface area contributed by atoms with Crippen LogP contribution in [0.5, 0.6) is 5.88 Å². The number of H-pyrrole nitrogens is 1. The van der Waals surface area contributed by atoms with Crippen molar-refractivity contribution in [3.05, 3.63) is 42.1 Å². The summed E-state index contributed by atoms with van der Waals surface area (Å²) in [5, 5.41) is 0. The van der Waals surface area contributed by atoms with Crippen molar-refractivity contribution in [3.63, 3.8) is 0 Å². The Morgan fingerprint density at radius 1 is 1.46 bits per heavy atom. The topological polar surface area (TPSA) is 71.1 Å². The average Bonchev–Trinajstić information content (AvgIpc) is 3.16. The number of amides is 1. The monoisotopic (exact) mass is 328 g/mol. The van der Waals surface area contributed by atoms with Gasteiger partial charge in [0, 0.05) is 49.2 Å². The fraction of sp³-hybridized carbons (Fsp3) is 0.500. The van der Waals surface area contributed by atoms with Crippen molar-refractivity contribution in [3.8, 4) is 5.88 Å². The molecule has 0 aromatic carbocycles. The Morgan fingerprint density at radius 2 is 2.33 bits per heavy atom. The Morgan fingerprint density at radius 3 is 3.08 bits per heavy atom. The first-order chi connectivity index (χ1) is 11.7. The lowest BCUT2D eigenvalue weighted by molar-refractivity contribution is 0.0703. The molecule has 1 fully saturated rings. The van der Waals surface area contributed by atoms with Gasteiger partial charge < -0.3 is 14.6 Å². The van der Waals surface area contributed by atoms with Crippen LogP contribution in [0.3, 0.4) is 0 Å². The molecule has 24 heavy (non-hydrogen) atoms. The minimum absolute atomic E-state index is 0.0302. The third-order valence-corrected chi connectivity index (χ3v) is 4.49. The quantitative estimate of drug-likeness (QED) is 0.916. The predicted octanol–water partition coefficient (Wildman–Crippen LogP) is 3.00. The molecule has 0 saturated carbocycles. The summed E-state index contributed by atoms with van der Waals surface area (Å²) in [4.78, 5) is 26.4. The highest BCUT2D eigenvalue weighted by molar-refractivity contribution is 5.94. The number of carbonyl (C=O) groups excluding carboxylic acids is 1. The van der Waals surface area contributed by atoms with Gasteiger partial charge >= 0.3 is 0 Å². The first kappa shape index (κ1) is 16.5. The second-order valence-electron chi connectivity index (χ2n) is 6.28. The zero-order valence-electron chi connectivity index (χ0n) is 14.2. The smallest absolute Gasteiger partial charge is 0.254 e. The summed E-state index contributed by atoms with van der Waals surface area (Å²) in [6.45, 7) is 5.52. The van der Waals surface area contributed by atoms with E-state index in [9.17, 15) is 4.79 Å². The number of aromatic amines is 1. The molecule has 2 aromatic heterocycles. The molecule has 6 nitrogen and oxygen atoms in total. The molecule has 0 bridgehead atoms. The van der Waals surface area contributed by atoms with E-state index in [0.29, 0.717) is 18.0 Å². The highest BCUT2D eigenvalue weighted by Gasteiger charge is 2.27. The Kier molecular flexibility index (Phi) is 5.13. The van der Waals surface area contributed by atoms with Crippen molar-refractivity contribution in [2.45, 2.75) is 45.1 Å². The number of likely N-dealkylation sites (tertiary alicyclic amines) is 1. The molecule has 6 heteroatoms. The molecule has 0 unspecified atom stereocenters. The van der Waals surface area contributed by atoms with Crippen molar-refractivity contribution >= 4 is 5.91 Å². The first-order valence-corrected chi connectivity index (χ1v) is 8.58. The lowest BCUT2D eigenvalue weighted by atomic mass is 9.97. The van der Waals surface area contributed by atoms with Crippen molar-refractivity contribution in [1.82, 2.24) is 19.9 Å². The maximum Gasteiger partial charge on any atom is 0.254 e. The molecule has 0 spiro atoms. The molecular formula is C18H24N4O2. The Bertz CT molecular complexity index is 671. The molecule has 0 radical (unpaired) electrons. The molecule has 2 atom stereocenters. The van der Waals surface area contributed by atoms with E-state index in [1.807, 2.05) is 18.0 Å². The number of nitrogens with one attached hydrogen (secondary N) is 1. The van der Waals surface area contributed by atoms with E-state index < -0.39 is 0 Å². The van der Waals surface area contributed by atoms with Crippen LogP contribution in [0.2, 0.25) is 0 Å². The molecule has 0 aliphatic carbocycles. The number of aromatic nitrogens is 3. The summed E-state index contributed by atoms with van der Waals surface area (Å²) in [7, 11) is 0. The van der Waals surface area contributed by atoms with Gasteiger partial charge in [0.15, 0.2) is 0 Å². The second-order valence-corrected chi connectivity index (χ2v) is 6.28. The number of hydrogen-bond donors (Lipinski definition) is 1. The van der Waals surface area contributed by atoms with Crippen LogP contribution in [-0.2, 0) is 0 Å². The van der Waals surface area contributed by atoms with Crippen LogP contribution < -0.4 is 4.74 Å². The van der Waals surface area contributed by atoms with Gasteiger partial charge in [0.1, 0.15) is 5.82 Å². The van der Waals surface area contributed by atoms with Crippen LogP contribution in [0.25, 0.3) is 0 Å². The minimum Gasteiger partial charge on any atom is -0.475 e. The van der Waals surface area contributed by atoms with Crippen LogP contribution in [0.1, 0.15) is 55.2 Å². The Balaban J connectivity index is 1.70. The second kappa shape index (κ2) is 7.47. The normalized spacial score (nSPS) is 19.1. The highest BCUT2D eigenvalue weighted by Crippen LogP contribution is 2.25. The molecule has 1 aliphatic rings. The van der Waals surface area contributed by atoms with Crippen molar-refractivity contribution in [2.75, 3.05) is 13.1 Å². The maximum absolute atomic E-state index is 12.8. The van der Waals surface area contributed by atoms with E-state index in [4.69, 9.17) is 4.74 Å². The molecule has 128 valence electrons. The number of carbonyl (C=O) groups is 1. The summed E-state index contributed by atoms with van der Waals surface area (Å²) in [6, 6.07) is 3.49. The van der Waals surface area contributed by atoms with E-state index in [1.165, 1.54) is 0 Å². The molecule has 1 N–H and O–H groups in total. The molecule has 1 aliphatic heterocycles. The predicted molar refractivity (Wildman–Crippen MR) is 91.1 cm³/mol. The largest absolute Gasteiger partial charge is 0.475 e. The third-order valence-electron chi connectivity index (χ3n) is 4.49. The van der Waals surface area contributed by atoms with E-state index in [1.54, 1.807) is 24.5 Å². The van der Waals surface area contributed by atoms with Crippen LogP contribution >= 0.6 is 0 Å². The fourth-order valence-corrected chi connectivity index (χ4v) is 2.96. The molecule has 1 saturated heterocycles. The van der Waals surface area contributed by atoms with Gasteiger partial charge in [-0.15, -0.1) is 0 Å². The highest BCUT2D eigenvalue weighted by atomic mass is 16.5. The number of rotatable bonds is 5. The lowest BCUT2D eigenvalue weighted by Crippen LogP contribution is -2.39. The SMILES string of the molecule is CC[C@@H](C)Oc1cc(C(=O)N2CCC[C@H](c3ncc[nH]3)C2)ccn1. The van der Waals surface area contributed by atoms with Crippen LogP contribution in [0, 0.1) is 0 Å². The van der Waals surface area contributed by atoms with E-state index >= 15 is 0 Å². The average molecular weight is 328 g/mol. The molecule has 3 rings (SSSR count). The van der Waals surface area contributed by atoms with E-state index in [0.717, 1.165) is 31.6 Å². The zero-order chi connectivity index (χ0) is 16.9. The van der Waals surface area contributed by atoms with Gasteiger partial charge in [-0.2, -0.15) is 0 Å². The maximum atomic E-state index is 12.8. The number of nitrogens with zero attached hydrogens (tertiary/aromatic N) is 3. The molecule has 2 aromatic rings. The molecule has 3 heterocycles. The summed E-state index contributed by atoms with van der Waals surface area (Å²) in [5.74, 6) is 1.77. The van der Waals surface area contributed by atoms with Gasteiger partial charge in [-0.3, -0.25) is 4.79 Å². The zero-order valence-corrected chi connectivity index (χ0v) is 14.2. The number of piperidine rings is 1. The van der Waals surface area contributed by atoms with Gasteiger partial charge in [0.05, 0.1) is 6.10 Å². The summed E-state index contributed by atoms with van der Waals surface area (Å²) in [5.41, 5.74) is 0.628. The van der Waals surface area contributed by atoms with Gasteiger partial charge in [-0.1, -0.05) is 6.92 Å².